The number of hydrogen-bond donors (Lipinski definition) is 0. The van der Waals surface area contributed by atoms with E-state index in [0.29, 0.717) is 0 Å². The Labute approximate surface area is 191 Å². The van der Waals surface area contributed by atoms with Gasteiger partial charge in [0, 0.05) is 43.9 Å². The Balaban J connectivity index is 1.50. The van der Waals surface area contributed by atoms with Crippen molar-refractivity contribution in [3.63, 3.8) is 0 Å². The maximum atomic E-state index is 13.3. The van der Waals surface area contributed by atoms with Gasteiger partial charge in [0.15, 0.2) is 0 Å². The van der Waals surface area contributed by atoms with Crippen LogP contribution in [0.15, 0.2) is 60.7 Å². The summed E-state index contributed by atoms with van der Waals surface area (Å²) in [5.41, 5.74) is 4.57. The zero-order valence-corrected chi connectivity index (χ0v) is 19.3. The molecule has 3 aromatic rings. The zero-order chi connectivity index (χ0) is 22.5. The molecule has 166 valence electrons. The number of carbonyl (C=O) groups is 1. The number of anilines is 1. The molecule has 1 aliphatic rings. The monoisotopic (exact) mass is 428 g/mol. The minimum Gasteiger partial charge on any atom is -0.353 e. The third kappa shape index (κ3) is 4.82. The maximum Gasteiger partial charge on any atom is 0.230 e. The summed E-state index contributed by atoms with van der Waals surface area (Å²) in [5, 5.41) is 0. The average molecular weight is 429 g/mol. The highest BCUT2D eigenvalue weighted by Crippen LogP contribution is 2.27. The molecule has 0 aliphatic carbocycles. The van der Waals surface area contributed by atoms with E-state index in [9.17, 15) is 4.79 Å². The summed E-state index contributed by atoms with van der Waals surface area (Å²) < 4.78 is 0. The average Bonchev–Trinajstić information content (AvgIpc) is 2.82. The lowest BCUT2D eigenvalue weighted by molar-refractivity contribution is -0.133. The lowest BCUT2D eigenvalue weighted by atomic mass is 9.94. The molecule has 1 fully saturated rings. The molecule has 1 atom stereocenters. The molecule has 1 unspecified atom stereocenters. The van der Waals surface area contributed by atoms with Gasteiger partial charge in [-0.2, -0.15) is 0 Å². The molecular weight excluding hydrogens is 396 g/mol. The van der Waals surface area contributed by atoms with E-state index in [1.165, 1.54) is 11.1 Å². The van der Waals surface area contributed by atoms with Crippen molar-refractivity contribution in [1.82, 2.24) is 14.9 Å². The minimum atomic E-state index is -0.0695. The number of aryl methyl sites for hydroxylation is 2. The van der Waals surface area contributed by atoms with Crippen molar-refractivity contribution >= 4 is 11.7 Å². The molecule has 1 amide bonds. The van der Waals surface area contributed by atoms with Crippen LogP contribution < -0.4 is 4.90 Å². The molecule has 5 nitrogen and oxygen atoms in total. The molecule has 1 aliphatic heterocycles. The lowest BCUT2D eigenvalue weighted by Crippen LogP contribution is -2.50. The minimum absolute atomic E-state index is 0.0695. The molecule has 1 saturated heterocycles. The third-order valence-corrected chi connectivity index (χ3v) is 6.33. The summed E-state index contributed by atoms with van der Waals surface area (Å²) in [7, 11) is 0. The van der Waals surface area contributed by atoms with Crippen LogP contribution in [0.3, 0.4) is 0 Å². The van der Waals surface area contributed by atoms with Gasteiger partial charge in [0.1, 0.15) is 11.6 Å². The molecule has 32 heavy (non-hydrogen) atoms. The number of nitrogens with zero attached hydrogens (tertiary/aromatic N) is 4. The van der Waals surface area contributed by atoms with Gasteiger partial charge >= 0.3 is 0 Å². The SMILES string of the molecule is CCC(C(=O)N1CCN(c2nc(C)nc(C)c2Cc2ccccc2)CC1)c1ccccc1. The van der Waals surface area contributed by atoms with E-state index >= 15 is 0 Å². The number of rotatable bonds is 6. The molecule has 0 saturated carbocycles. The van der Waals surface area contributed by atoms with E-state index in [-0.39, 0.29) is 11.8 Å². The zero-order valence-electron chi connectivity index (χ0n) is 19.3. The summed E-state index contributed by atoms with van der Waals surface area (Å²) in [6.07, 6.45) is 1.63. The Morgan fingerprint density at radius 2 is 1.53 bits per heavy atom. The highest BCUT2D eigenvalue weighted by molar-refractivity contribution is 5.84. The van der Waals surface area contributed by atoms with E-state index < -0.39 is 0 Å². The van der Waals surface area contributed by atoms with Crippen LogP contribution in [0.4, 0.5) is 5.82 Å². The van der Waals surface area contributed by atoms with Crippen molar-refractivity contribution < 1.29 is 4.79 Å². The topological polar surface area (TPSA) is 49.3 Å². The van der Waals surface area contributed by atoms with Gasteiger partial charge in [0.05, 0.1) is 5.92 Å². The van der Waals surface area contributed by atoms with Crippen LogP contribution in [0.2, 0.25) is 0 Å². The molecule has 2 heterocycles. The van der Waals surface area contributed by atoms with Gasteiger partial charge in [-0.1, -0.05) is 67.6 Å². The van der Waals surface area contributed by atoms with Crippen LogP contribution in [-0.2, 0) is 11.2 Å². The first-order valence-corrected chi connectivity index (χ1v) is 11.5. The van der Waals surface area contributed by atoms with Gasteiger partial charge in [-0.25, -0.2) is 9.97 Å². The normalized spacial score (nSPS) is 15.0. The van der Waals surface area contributed by atoms with Crippen molar-refractivity contribution in [2.24, 2.45) is 0 Å². The molecule has 2 aromatic carbocycles. The lowest BCUT2D eigenvalue weighted by Gasteiger charge is -2.38. The second-order valence-electron chi connectivity index (χ2n) is 8.50. The van der Waals surface area contributed by atoms with Gasteiger partial charge in [-0.15, -0.1) is 0 Å². The highest BCUT2D eigenvalue weighted by atomic mass is 16.2. The van der Waals surface area contributed by atoms with Gasteiger partial charge in [-0.05, 0) is 31.4 Å². The van der Waals surface area contributed by atoms with Gasteiger partial charge in [0.25, 0.3) is 0 Å². The molecule has 0 N–H and O–H groups in total. The molecule has 5 heteroatoms. The van der Waals surface area contributed by atoms with Crippen LogP contribution in [-0.4, -0.2) is 47.0 Å². The predicted molar refractivity (Wildman–Crippen MR) is 129 cm³/mol. The Morgan fingerprint density at radius 3 is 2.16 bits per heavy atom. The summed E-state index contributed by atoms with van der Waals surface area (Å²) in [6, 6.07) is 20.6. The highest BCUT2D eigenvalue weighted by Gasteiger charge is 2.29. The van der Waals surface area contributed by atoms with Crippen molar-refractivity contribution in [2.45, 2.75) is 39.5 Å². The van der Waals surface area contributed by atoms with Crippen molar-refractivity contribution in [1.29, 1.82) is 0 Å². The number of aromatic nitrogens is 2. The van der Waals surface area contributed by atoms with Crippen LogP contribution in [0, 0.1) is 13.8 Å². The fourth-order valence-electron chi connectivity index (χ4n) is 4.58. The summed E-state index contributed by atoms with van der Waals surface area (Å²) >= 11 is 0. The Hall–Kier alpha value is -3.21. The largest absolute Gasteiger partial charge is 0.353 e. The maximum absolute atomic E-state index is 13.3. The molecule has 1 aromatic heterocycles. The second kappa shape index (κ2) is 9.94. The fraction of sp³-hybridized carbons (Fsp3) is 0.370. The summed E-state index contributed by atoms with van der Waals surface area (Å²) in [4.78, 5) is 27.1. The van der Waals surface area contributed by atoms with Crippen LogP contribution in [0.1, 0.15) is 47.5 Å². The van der Waals surface area contributed by atoms with Gasteiger partial charge in [-0.3, -0.25) is 4.79 Å². The van der Waals surface area contributed by atoms with Crippen molar-refractivity contribution in [3.05, 3.63) is 88.9 Å². The van der Waals surface area contributed by atoms with Gasteiger partial charge < -0.3 is 9.80 Å². The number of amides is 1. The third-order valence-electron chi connectivity index (χ3n) is 6.33. The fourth-order valence-corrected chi connectivity index (χ4v) is 4.58. The molecule has 0 radical (unpaired) electrons. The van der Waals surface area contributed by atoms with Crippen molar-refractivity contribution in [2.75, 3.05) is 31.1 Å². The van der Waals surface area contributed by atoms with E-state index in [1.54, 1.807) is 0 Å². The Morgan fingerprint density at radius 1 is 0.906 bits per heavy atom. The van der Waals surface area contributed by atoms with Crippen molar-refractivity contribution in [3.8, 4) is 0 Å². The molecule has 4 rings (SSSR count). The van der Waals surface area contributed by atoms with Crippen LogP contribution in [0.5, 0.6) is 0 Å². The Bertz CT molecular complexity index is 1040. The van der Waals surface area contributed by atoms with E-state index in [1.807, 2.05) is 36.1 Å². The van der Waals surface area contributed by atoms with Crippen LogP contribution in [0.25, 0.3) is 0 Å². The Kier molecular flexibility index (Phi) is 6.84. The molecule has 0 spiro atoms. The second-order valence-corrected chi connectivity index (χ2v) is 8.50. The summed E-state index contributed by atoms with van der Waals surface area (Å²) in [6.45, 7) is 9.12. The standard InChI is InChI=1S/C27H32N4O/c1-4-24(23-13-9-6-10-14-23)27(32)31-17-15-30(16-18-31)26-25(20(2)28-21(3)29-26)19-22-11-7-5-8-12-22/h5-14,24H,4,15-19H2,1-3H3. The molecular formula is C27H32N4O. The quantitative estimate of drug-likeness (QED) is 0.579. The van der Waals surface area contributed by atoms with E-state index in [0.717, 1.165) is 61.9 Å². The summed E-state index contributed by atoms with van der Waals surface area (Å²) in [5.74, 6) is 1.97. The first-order chi connectivity index (χ1) is 15.6. The number of carbonyl (C=O) groups excluding carboxylic acids is 1. The predicted octanol–water partition coefficient (Wildman–Crippen LogP) is 4.53. The smallest absolute Gasteiger partial charge is 0.230 e. The molecule has 0 bridgehead atoms. The number of benzene rings is 2. The van der Waals surface area contributed by atoms with Gasteiger partial charge in [0.2, 0.25) is 5.91 Å². The number of hydrogen-bond acceptors (Lipinski definition) is 4. The van der Waals surface area contributed by atoms with Crippen LogP contribution >= 0.6 is 0 Å². The van der Waals surface area contributed by atoms with E-state index in [4.69, 9.17) is 4.98 Å². The first kappa shape index (κ1) is 22.0. The van der Waals surface area contributed by atoms with E-state index in [2.05, 4.69) is 60.1 Å². The first-order valence-electron chi connectivity index (χ1n) is 11.5. The number of piperazine rings is 1.